The maximum Gasteiger partial charge on any atom is 0.332 e. The summed E-state index contributed by atoms with van der Waals surface area (Å²) in [5.74, 6) is -0.918. The van der Waals surface area contributed by atoms with Crippen LogP contribution in [0.15, 0.2) is 12.2 Å². The molecule has 0 spiro atoms. The lowest BCUT2D eigenvalue weighted by atomic mass is 9.99. The Morgan fingerprint density at radius 1 is 1.54 bits per heavy atom. The summed E-state index contributed by atoms with van der Waals surface area (Å²) in [6.07, 6.45) is 0.983. The first-order chi connectivity index (χ1) is 5.81. The summed E-state index contributed by atoms with van der Waals surface area (Å²) < 4.78 is 0. The number of carboxylic acids is 1. The maximum absolute atomic E-state index is 10.5. The van der Waals surface area contributed by atoms with Crippen LogP contribution in [0.1, 0.15) is 27.2 Å². The van der Waals surface area contributed by atoms with Gasteiger partial charge in [-0.15, -0.1) is 0 Å². The second-order valence-corrected chi connectivity index (χ2v) is 3.93. The summed E-state index contributed by atoms with van der Waals surface area (Å²) in [6, 6.07) is 0. The normalized spacial score (nSPS) is 11.8. The molecule has 0 heterocycles. The molecule has 3 nitrogen and oxygen atoms in total. The molecular weight excluding hydrogens is 166 g/mol. The van der Waals surface area contributed by atoms with E-state index in [1.54, 1.807) is 0 Å². The fraction of sp³-hybridized carbons (Fsp3) is 0.700. The van der Waals surface area contributed by atoms with Crippen LogP contribution in [-0.4, -0.2) is 35.1 Å². The molecule has 0 aliphatic heterocycles. The molecule has 3 heteroatoms. The van der Waals surface area contributed by atoms with Crippen LogP contribution in [0, 0.1) is 0 Å². The molecule has 76 valence electrons. The number of nitrogens with zero attached hydrogens (tertiary/aromatic N) is 1. The van der Waals surface area contributed by atoms with Gasteiger partial charge in [-0.1, -0.05) is 13.5 Å². The van der Waals surface area contributed by atoms with Gasteiger partial charge in [0, 0.05) is 17.7 Å². The minimum absolute atomic E-state index is 0.0262. The molecule has 0 saturated heterocycles. The molecule has 0 aromatic rings. The van der Waals surface area contributed by atoms with Crippen molar-refractivity contribution < 1.29 is 9.90 Å². The van der Waals surface area contributed by atoms with Crippen LogP contribution in [0.4, 0.5) is 0 Å². The molecule has 0 rings (SSSR count). The molecular formula is C10H19NO2. The van der Waals surface area contributed by atoms with Gasteiger partial charge in [0.25, 0.3) is 0 Å². The lowest BCUT2D eigenvalue weighted by Gasteiger charge is -2.34. The van der Waals surface area contributed by atoms with Crippen LogP contribution in [0.25, 0.3) is 0 Å². The minimum atomic E-state index is -0.918. The summed E-state index contributed by atoms with van der Waals surface area (Å²) in [5.41, 5.74) is 0.266. The van der Waals surface area contributed by atoms with Crippen LogP contribution >= 0.6 is 0 Å². The highest BCUT2D eigenvalue weighted by atomic mass is 16.4. The topological polar surface area (TPSA) is 40.5 Å². The Morgan fingerprint density at radius 3 is 2.31 bits per heavy atom. The van der Waals surface area contributed by atoms with E-state index in [-0.39, 0.29) is 11.1 Å². The van der Waals surface area contributed by atoms with E-state index in [1.165, 1.54) is 0 Å². The largest absolute Gasteiger partial charge is 0.478 e. The fourth-order valence-electron chi connectivity index (χ4n) is 0.838. The van der Waals surface area contributed by atoms with Crippen molar-refractivity contribution in [1.29, 1.82) is 0 Å². The second-order valence-electron chi connectivity index (χ2n) is 3.93. The summed E-state index contributed by atoms with van der Waals surface area (Å²) >= 11 is 0. The van der Waals surface area contributed by atoms with E-state index in [0.717, 1.165) is 6.42 Å². The summed E-state index contributed by atoms with van der Waals surface area (Å²) in [6.45, 7) is 10.2. The maximum atomic E-state index is 10.5. The van der Waals surface area contributed by atoms with Gasteiger partial charge >= 0.3 is 5.97 Å². The van der Waals surface area contributed by atoms with Crippen LogP contribution in [0.5, 0.6) is 0 Å². The average Bonchev–Trinajstić information content (AvgIpc) is 2.04. The lowest BCUT2D eigenvalue weighted by Crippen LogP contribution is -2.42. The predicted molar refractivity (Wildman–Crippen MR) is 53.8 cm³/mol. The molecule has 0 aliphatic carbocycles. The molecule has 0 aromatic heterocycles. The van der Waals surface area contributed by atoms with Gasteiger partial charge in [0.1, 0.15) is 0 Å². The van der Waals surface area contributed by atoms with Crippen LogP contribution in [-0.2, 0) is 4.79 Å². The van der Waals surface area contributed by atoms with Gasteiger partial charge in [0.15, 0.2) is 0 Å². The standard InChI is InChI=1S/C10H19NO2/c1-6-10(3,4)11(5)7-8(2)9(12)13/h2,6-7H2,1,3-5H3,(H,12,13). The first-order valence-corrected chi connectivity index (χ1v) is 4.43. The number of rotatable bonds is 5. The van der Waals surface area contributed by atoms with E-state index in [0.29, 0.717) is 6.54 Å². The van der Waals surface area contributed by atoms with Crippen molar-refractivity contribution >= 4 is 5.97 Å². The van der Waals surface area contributed by atoms with E-state index < -0.39 is 5.97 Å². The van der Waals surface area contributed by atoms with Crippen LogP contribution in [0.2, 0.25) is 0 Å². The Hall–Kier alpha value is -0.830. The first kappa shape index (κ1) is 12.2. The smallest absolute Gasteiger partial charge is 0.332 e. The third-order valence-corrected chi connectivity index (χ3v) is 2.63. The molecule has 0 unspecified atom stereocenters. The van der Waals surface area contributed by atoms with Crippen molar-refractivity contribution in [2.45, 2.75) is 32.7 Å². The van der Waals surface area contributed by atoms with Gasteiger partial charge in [-0.05, 0) is 27.3 Å². The fourth-order valence-corrected chi connectivity index (χ4v) is 0.838. The van der Waals surface area contributed by atoms with Gasteiger partial charge in [0.05, 0.1) is 0 Å². The Bertz CT molecular complexity index is 209. The molecule has 13 heavy (non-hydrogen) atoms. The first-order valence-electron chi connectivity index (χ1n) is 4.43. The summed E-state index contributed by atoms with van der Waals surface area (Å²) in [5, 5.41) is 8.64. The second kappa shape index (κ2) is 4.42. The summed E-state index contributed by atoms with van der Waals surface area (Å²) in [4.78, 5) is 12.5. The highest BCUT2D eigenvalue weighted by Gasteiger charge is 2.22. The zero-order valence-corrected chi connectivity index (χ0v) is 8.92. The van der Waals surface area contributed by atoms with E-state index in [1.807, 2.05) is 11.9 Å². The molecule has 1 N–H and O–H groups in total. The zero-order valence-electron chi connectivity index (χ0n) is 8.92. The number of likely N-dealkylation sites (N-methyl/N-ethyl adjacent to an activating group) is 1. The van der Waals surface area contributed by atoms with E-state index in [2.05, 4.69) is 27.4 Å². The molecule has 0 radical (unpaired) electrons. The van der Waals surface area contributed by atoms with Crippen molar-refractivity contribution in [3.8, 4) is 0 Å². The molecule has 0 bridgehead atoms. The Morgan fingerprint density at radius 2 is 2.00 bits per heavy atom. The number of hydrogen-bond acceptors (Lipinski definition) is 2. The van der Waals surface area contributed by atoms with Gasteiger partial charge in [-0.25, -0.2) is 4.79 Å². The molecule has 0 aromatic carbocycles. The number of carboxylic acid groups (broad SMARTS) is 1. The van der Waals surface area contributed by atoms with Crippen LogP contribution < -0.4 is 0 Å². The van der Waals surface area contributed by atoms with Crippen molar-refractivity contribution in [2.24, 2.45) is 0 Å². The minimum Gasteiger partial charge on any atom is -0.478 e. The summed E-state index contributed by atoms with van der Waals surface area (Å²) in [7, 11) is 1.91. The third-order valence-electron chi connectivity index (χ3n) is 2.63. The lowest BCUT2D eigenvalue weighted by molar-refractivity contribution is -0.133. The average molecular weight is 185 g/mol. The number of hydrogen-bond donors (Lipinski definition) is 1. The quantitative estimate of drug-likeness (QED) is 0.663. The zero-order chi connectivity index (χ0) is 10.6. The van der Waals surface area contributed by atoms with Crippen LogP contribution in [0.3, 0.4) is 0 Å². The molecule has 0 atom stereocenters. The Balaban J connectivity index is 4.23. The molecule has 0 aliphatic rings. The van der Waals surface area contributed by atoms with Gasteiger partial charge in [-0.2, -0.15) is 0 Å². The van der Waals surface area contributed by atoms with Crippen molar-refractivity contribution in [1.82, 2.24) is 4.90 Å². The third kappa shape index (κ3) is 3.59. The number of aliphatic carboxylic acids is 1. The Labute approximate surface area is 80.0 Å². The highest BCUT2D eigenvalue weighted by molar-refractivity contribution is 5.86. The van der Waals surface area contributed by atoms with Crippen molar-refractivity contribution in [2.75, 3.05) is 13.6 Å². The van der Waals surface area contributed by atoms with E-state index >= 15 is 0 Å². The monoisotopic (exact) mass is 185 g/mol. The van der Waals surface area contributed by atoms with Gasteiger partial charge in [-0.3, -0.25) is 4.90 Å². The number of carbonyl (C=O) groups is 1. The van der Waals surface area contributed by atoms with E-state index in [9.17, 15) is 4.79 Å². The van der Waals surface area contributed by atoms with Crippen molar-refractivity contribution in [3.05, 3.63) is 12.2 Å². The highest BCUT2D eigenvalue weighted by Crippen LogP contribution is 2.17. The Kier molecular flexibility index (Phi) is 4.14. The van der Waals surface area contributed by atoms with Crippen molar-refractivity contribution in [3.63, 3.8) is 0 Å². The van der Waals surface area contributed by atoms with Gasteiger partial charge in [0.2, 0.25) is 0 Å². The molecule has 0 amide bonds. The van der Waals surface area contributed by atoms with Gasteiger partial charge < -0.3 is 5.11 Å². The predicted octanol–water partition coefficient (Wildman–Crippen LogP) is 1.75. The molecule has 0 fully saturated rings. The van der Waals surface area contributed by atoms with E-state index in [4.69, 9.17) is 5.11 Å². The molecule has 0 saturated carbocycles. The SMILES string of the molecule is C=C(CN(C)C(C)(C)CC)C(=O)O.